The molecule has 1 aromatic rings. The lowest BCUT2D eigenvalue weighted by atomic mass is 10.2. The Hall–Kier alpha value is -1.51. The molecule has 1 N–H and O–H groups in total. The number of nitriles is 1. The summed E-state index contributed by atoms with van der Waals surface area (Å²) < 4.78 is 0. The van der Waals surface area contributed by atoms with Gasteiger partial charge in [0.1, 0.15) is 0 Å². The van der Waals surface area contributed by atoms with Crippen molar-refractivity contribution < 1.29 is 9.90 Å². The summed E-state index contributed by atoms with van der Waals surface area (Å²) in [6, 6.07) is 9.35. The summed E-state index contributed by atoms with van der Waals surface area (Å²) in [6.07, 6.45) is 0.229. The maximum atomic E-state index is 12.3. The molecular formula is C13H14N2O2S. The predicted octanol–water partition coefficient (Wildman–Crippen LogP) is 1.51. The Balaban J connectivity index is 2.17. The summed E-state index contributed by atoms with van der Waals surface area (Å²) in [7, 11) is 0. The highest BCUT2D eigenvalue weighted by Gasteiger charge is 2.26. The molecule has 0 aliphatic carbocycles. The maximum absolute atomic E-state index is 12.3. The number of hydrogen-bond donors (Lipinski definition) is 1. The van der Waals surface area contributed by atoms with Gasteiger partial charge in [0.2, 0.25) is 0 Å². The van der Waals surface area contributed by atoms with Gasteiger partial charge in [0.05, 0.1) is 23.5 Å². The van der Waals surface area contributed by atoms with E-state index in [2.05, 4.69) is 6.07 Å². The van der Waals surface area contributed by atoms with Crippen LogP contribution in [-0.2, 0) is 0 Å². The van der Waals surface area contributed by atoms with Gasteiger partial charge >= 0.3 is 0 Å². The monoisotopic (exact) mass is 262 g/mol. The second kappa shape index (κ2) is 5.89. The maximum Gasteiger partial charge on any atom is 0.255 e. The van der Waals surface area contributed by atoms with Crippen molar-refractivity contribution in [2.45, 2.75) is 17.4 Å². The summed E-state index contributed by atoms with van der Waals surface area (Å²) >= 11 is 1.36. The van der Waals surface area contributed by atoms with Crippen LogP contribution in [0.3, 0.4) is 0 Å². The van der Waals surface area contributed by atoms with E-state index in [0.717, 1.165) is 4.90 Å². The minimum atomic E-state index is -0.409. The molecule has 94 valence electrons. The highest BCUT2D eigenvalue weighted by molar-refractivity contribution is 7.99. The molecule has 0 bridgehead atoms. The number of β-amino-alcohol motifs (C(OH)–C–C–N with tert-alkyl or cyclic N) is 1. The Bertz CT molecular complexity index is 484. The van der Waals surface area contributed by atoms with Gasteiger partial charge in [0.15, 0.2) is 0 Å². The van der Waals surface area contributed by atoms with Crippen molar-refractivity contribution in [2.24, 2.45) is 0 Å². The molecule has 2 rings (SSSR count). The van der Waals surface area contributed by atoms with Crippen LogP contribution in [0.4, 0.5) is 0 Å². The van der Waals surface area contributed by atoms with E-state index in [0.29, 0.717) is 30.8 Å². The van der Waals surface area contributed by atoms with Crippen LogP contribution in [0.1, 0.15) is 16.8 Å². The molecule has 0 aromatic heterocycles. The summed E-state index contributed by atoms with van der Waals surface area (Å²) in [6.45, 7) is 0.993. The van der Waals surface area contributed by atoms with Crippen molar-refractivity contribution in [1.29, 1.82) is 5.26 Å². The minimum Gasteiger partial charge on any atom is -0.391 e. The zero-order chi connectivity index (χ0) is 13.0. The number of benzene rings is 1. The molecule has 1 aliphatic heterocycles. The van der Waals surface area contributed by atoms with Gasteiger partial charge in [0, 0.05) is 18.0 Å². The van der Waals surface area contributed by atoms with Crippen LogP contribution in [-0.4, -0.2) is 40.9 Å². The Morgan fingerprint density at radius 1 is 1.56 bits per heavy atom. The first-order valence-electron chi connectivity index (χ1n) is 5.78. The molecule has 1 saturated heterocycles. The number of rotatable bonds is 3. The smallest absolute Gasteiger partial charge is 0.255 e. The molecule has 18 heavy (non-hydrogen) atoms. The lowest BCUT2D eigenvalue weighted by molar-refractivity contribution is 0.0761. The third-order valence-electron chi connectivity index (χ3n) is 2.86. The SMILES string of the molecule is N#CCSc1ccccc1C(=O)N1CC[C@@H](O)C1. The number of nitrogens with zero attached hydrogens (tertiary/aromatic N) is 2. The van der Waals surface area contributed by atoms with Gasteiger partial charge in [-0.25, -0.2) is 0 Å². The van der Waals surface area contributed by atoms with Crippen molar-refractivity contribution in [3.63, 3.8) is 0 Å². The van der Waals surface area contributed by atoms with Crippen LogP contribution in [0.2, 0.25) is 0 Å². The van der Waals surface area contributed by atoms with Crippen LogP contribution in [0.25, 0.3) is 0 Å². The summed E-state index contributed by atoms with van der Waals surface area (Å²) in [5, 5.41) is 18.1. The molecule has 1 atom stereocenters. The molecule has 0 radical (unpaired) electrons. The Morgan fingerprint density at radius 3 is 3.00 bits per heavy atom. The van der Waals surface area contributed by atoms with Crippen molar-refractivity contribution in [2.75, 3.05) is 18.8 Å². The number of aliphatic hydroxyl groups is 1. The fourth-order valence-corrected chi connectivity index (χ4v) is 2.68. The van der Waals surface area contributed by atoms with Crippen LogP contribution in [0.15, 0.2) is 29.2 Å². The van der Waals surface area contributed by atoms with Crippen LogP contribution >= 0.6 is 11.8 Å². The van der Waals surface area contributed by atoms with Gasteiger partial charge in [-0.2, -0.15) is 5.26 Å². The first kappa shape index (κ1) is 12.9. The topological polar surface area (TPSA) is 64.3 Å². The molecule has 1 heterocycles. The van der Waals surface area contributed by atoms with E-state index >= 15 is 0 Å². The molecule has 0 unspecified atom stereocenters. The summed E-state index contributed by atoms with van der Waals surface area (Å²) in [5.74, 6) is 0.264. The normalized spacial score (nSPS) is 18.7. The molecule has 1 aromatic carbocycles. The van der Waals surface area contributed by atoms with Gasteiger partial charge in [-0.3, -0.25) is 4.79 Å². The van der Waals surface area contributed by atoms with Gasteiger partial charge in [-0.1, -0.05) is 12.1 Å². The highest BCUT2D eigenvalue weighted by Crippen LogP contribution is 2.24. The predicted molar refractivity (Wildman–Crippen MR) is 69.3 cm³/mol. The lowest BCUT2D eigenvalue weighted by Crippen LogP contribution is -2.29. The zero-order valence-corrected chi connectivity index (χ0v) is 10.7. The first-order valence-corrected chi connectivity index (χ1v) is 6.77. The second-order valence-corrected chi connectivity index (χ2v) is 5.15. The van der Waals surface area contributed by atoms with E-state index in [4.69, 9.17) is 5.26 Å². The molecule has 4 nitrogen and oxygen atoms in total. The van der Waals surface area contributed by atoms with Gasteiger partial charge in [0.25, 0.3) is 5.91 Å². The minimum absolute atomic E-state index is 0.0624. The summed E-state index contributed by atoms with van der Waals surface area (Å²) in [5.41, 5.74) is 0.617. The highest BCUT2D eigenvalue weighted by atomic mass is 32.2. The van der Waals surface area contributed by atoms with Crippen molar-refractivity contribution in [1.82, 2.24) is 4.90 Å². The lowest BCUT2D eigenvalue weighted by Gasteiger charge is -2.17. The van der Waals surface area contributed by atoms with E-state index in [-0.39, 0.29) is 5.91 Å². The molecule has 0 saturated carbocycles. The van der Waals surface area contributed by atoms with E-state index in [1.54, 1.807) is 11.0 Å². The average molecular weight is 262 g/mol. The van der Waals surface area contributed by atoms with Crippen molar-refractivity contribution in [3.05, 3.63) is 29.8 Å². The number of thioether (sulfide) groups is 1. The quantitative estimate of drug-likeness (QED) is 0.839. The van der Waals surface area contributed by atoms with Crippen LogP contribution < -0.4 is 0 Å². The van der Waals surface area contributed by atoms with Crippen LogP contribution in [0, 0.1) is 11.3 Å². The van der Waals surface area contributed by atoms with Crippen molar-refractivity contribution >= 4 is 17.7 Å². The second-order valence-electron chi connectivity index (χ2n) is 4.14. The Morgan fingerprint density at radius 2 is 2.33 bits per heavy atom. The molecule has 1 amide bonds. The number of hydrogen-bond acceptors (Lipinski definition) is 4. The molecule has 1 fully saturated rings. The summed E-state index contributed by atoms with van der Waals surface area (Å²) in [4.78, 5) is 14.8. The van der Waals surface area contributed by atoms with Gasteiger partial charge in [-0.05, 0) is 18.6 Å². The Kier molecular flexibility index (Phi) is 4.24. The van der Waals surface area contributed by atoms with Crippen LogP contribution in [0.5, 0.6) is 0 Å². The van der Waals surface area contributed by atoms with E-state index in [1.807, 2.05) is 18.2 Å². The Labute approximate surface area is 110 Å². The van der Waals surface area contributed by atoms with Gasteiger partial charge < -0.3 is 10.0 Å². The number of amides is 1. The third kappa shape index (κ3) is 2.84. The number of carbonyl (C=O) groups is 1. The standard InChI is InChI=1S/C13H14N2O2S/c14-6-8-18-12-4-2-1-3-11(12)13(17)15-7-5-10(16)9-15/h1-4,10,16H,5,7-9H2/t10-/m1/s1. The van der Waals surface area contributed by atoms with E-state index < -0.39 is 6.10 Å². The number of carbonyl (C=O) groups excluding carboxylic acids is 1. The first-order chi connectivity index (χ1) is 8.72. The van der Waals surface area contributed by atoms with E-state index in [9.17, 15) is 9.90 Å². The number of likely N-dealkylation sites (tertiary alicyclic amines) is 1. The van der Waals surface area contributed by atoms with Gasteiger partial charge in [-0.15, -0.1) is 11.8 Å². The average Bonchev–Trinajstić information content (AvgIpc) is 2.82. The number of aliphatic hydroxyl groups excluding tert-OH is 1. The molecular weight excluding hydrogens is 248 g/mol. The fraction of sp³-hybridized carbons (Fsp3) is 0.385. The third-order valence-corrected chi connectivity index (χ3v) is 3.80. The largest absolute Gasteiger partial charge is 0.391 e. The fourth-order valence-electron chi connectivity index (χ4n) is 1.98. The molecule has 5 heteroatoms. The zero-order valence-electron chi connectivity index (χ0n) is 9.87. The van der Waals surface area contributed by atoms with Crippen molar-refractivity contribution in [3.8, 4) is 6.07 Å². The molecule has 0 spiro atoms. The van der Waals surface area contributed by atoms with E-state index in [1.165, 1.54) is 11.8 Å². The molecule has 1 aliphatic rings.